The molecule has 122 valence electrons. The predicted octanol–water partition coefficient (Wildman–Crippen LogP) is 3.87. The average molecular weight is 298 g/mol. The van der Waals surface area contributed by atoms with Crippen LogP contribution >= 0.6 is 0 Å². The van der Waals surface area contributed by atoms with Gasteiger partial charge in [-0.1, -0.05) is 39.5 Å². The molecule has 21 heavy (non-hydrogen) atoms. The van der Waals surface area contributed by atoms with Crippen molar-refractivity contribution < 1.29 is 19.1 Å². The molecule has 1 aliphatic heterocycles. The minimum absolute atomic E-state index is 0.00203. The van der Waals surface area contributed by atoms with Gasteiger partial charge in [0, 0.05) is 6.42 Å². The van der Waals surface area contributed by atoms with Gasteiger partial charge >= 0.3 is 11.9 Å². The number of carbonyl (C=O) groups excluding carboxylic acids is 2. The zero-order valence-corrected chi connectivity index (χ0v) is 13.7. The first kappa shape index (κ1) is 18.0. The van der Waals surface area contributed by atoms with E-state index >= 15 is 0 Å². The van der Waals surface area contributed by atoms with Gasteiger partial charge in [0.15, 0.2) is 0 Å². The number of unbranched alkanes of at least 4 members (excludes halogenated alkanes) is 5. The summed E-state index contributed by atoms with van der Waals surface area (Å²) in [6.45, 7) is 4.17. The summed E-state index contributed by atoms with van der Waals surface area (Å²) in [6, 6.07) is 0. The third-order valence-corrected chi connectivity index (χ3v) is 4.29. The van der Waals surface area contributed by atoms with Crippen LogP contribution in [-0.4, -0.2) is 25.2 Å². The van der Waals surface area contributed by atoms with E-state index in [1.807, 2.05) is 0 Å². The van der Waals surface area contributed by atoms with Crippen LogP contribution in [0.4, 0.5) is 0 Å². The van der Waals surface area contributed by atoms with Crippen LogP contribution in [-0.2, 0) is 19.1 Å². The number of carbonyl (C=O) groups is 2. The molecule has 0 unspecified atom stereocenters. The highest BCUT2D eigenvalue weighted by atomic mass is 16.6. The van der Waals surface area contributed by atoms with E-state index in [0.29, 0.717) is 12.3 Å². The highest BCUT2D eigenvalue weighted by Gasteiger charge is 2.35. The lowest BCUT2D eigenvalue weighted by Crippen LogP contribution is -2.13. The summed E-state index contributed by atoms with van der Waals surface area (Å²) in [6.07, 6.45) is 9.23. The van der Waals surface area contributed by atoms with Crippen molar-refractivity contribution >= 4 is 11.9 Å². The third kappa shape index (κ3) is 6.96. The molecule has 0 aromatic heterocycles. The quantitative estimate of drug-likeness (QED) is 0.454. The molecular weight excluding hydrogens is 268 g/mol. The highest BCUT2D eigenvalue weighted by Crippen LogP contribution is 2.30. The molecule has 4 heteroatoms. The van der Waals surface area contributed by atoms with Crippen molar-refractivity contribution in [3.05, 3.63) is 0 Å². The molecule has 0 aromatic carbocycles. The van der Waals surface area contributed by atoms with E-state index in [1.165, 1.54) is 20.0 Å². The van der Waals surface area contributed by atoms with E-state index in [0.717, 1.165) is 38.5 Å². The molecule has 4 nitrogen and oxygen atoms in total. The Morgan fingerprint density at radius 1 is 1.19 bits per heavy atom. The fourth-order valence-corrected chi connectivity index (χ4v) is 2.85. The molecular formula is C17H30O4. The topological polar surface area (TPSA) is 52.6 Å². The van der Waals surface area contributed by atoms with Gasteiger partial charge in [-0.05, 0) is 31.6 Å². The van der Waals surface area contributed by atoms with Crippen LogP contribution in [0.15, 0.2) is 0 Å². The van der Waals surface area contributed by atoms with Crippen molar-refractivity contribution in [1.82, 2.24) is 0 Å². The lowest BCUT2D eigenvalue weighted by molar-refractivity contribution is -0.145. The molecule has 1 saturated heterocycles. The zero-order chi connectivity index (χ0) is 15.7. The number of methoxy groups -OCH3 is 1. The van der Waals surface area contributed by atoms with Crippen molar-refractivity contribution in [3.8, 4) is 0 Å². The number of ether oxygens (including phenoxy) is 2. The fourth-order valence-electron chi connectivity index (χ4n) is 2.85. The van der Waals surface area contributed by atoms with Gasteiger partial charge in [0.25, 0.3) is 0 Å². The number of cyclic esters (lactones) is 1. The molecule has 0 radical (unpaired) electrons. The van der Waals surface area contributed by atoms with Gasteiger partial charge < -0.3 is 9.47 Å². The van der Waals surface area contributed by atoms with E-state index in [4.69, 9.17) is 4.74 Å². The van der Waals surface area contributed by atoms with Crippen LogP contribution in [0.2, 0.25) is 0 Å². The number of hydrogen-bond acceptors (Lipinski definition) is 4. The second kappa shape index (κ2) is 9.80. The molecule has 2 atom stereocenters. The third-order valence-electron chi connectivity index (χ3n) is 4.29. The van der Waals surface area contributed by atoms with E-state index < -0.39 is 0 Å². The first-order valence-corrected chi connectivity index (χ1v) is 8.32. The van der Waals surface area contributed by atoms with E-state index in [9.17, 15) is 9.59 Å². The molecule has 0 N–H and O–H groups in total. The lowest BCUT2D eigenvalue weighted by atomic mass is 9.91. The maximum absolute atomic E-state index is 11.7. The van der Waals surface area contributed by atoms with Crippen LogP contribution in [0.5, 0.6) is 0 Å². The highest BCUT2D eigenvalue weighted by molar-refractivity contribution is 5.74. The van der Waals surface area contributed by atoms with E-state index in [1.54, 1.807) is 0 Å². The maximum Gasteiger partial charge on any atom is 0.309 e. The largest absolute Gasteiger partial charge is 0.469 e. The van der Waals surface area contributed by atoms with Gasteiger partial charge in [0.2, 0.25) is 0 Å². The molecule has 0 aromatic rings. The number of rotatable bonds is 10. The van der Waals surface area contributed by atoms with Gasteiger partial charge in [-0.25, -0.2) is 0 Å². The van der Waals surface area contributed by atoms with Crippen molar-refractivity contribution in [2.45, 2.75) is 77.7 Å². The van der Waals surface area contributed by atoms with Crippen molar-refractivity contribution in [3.63, 3.8) is 0 Å². The van der Waals surface area contributed by atoms with Gasteiger partial charge in [-0.3, -0.25) is 9.59 Å². The summed E-state index contributed by atoms with van der Waals surface area (Å²) >= 11 is 0. The van der Waals surface area contributed by atoms with E-state index in [2.05, 4.69) is 18.6 Å². The summed E-state index contributed by atoms with van der Waals surface area (Å²) in [7, 11) is 1.43. The SMILES string of the molecule is COC(=O)CCCCCCCC[C@H]1C[C@H](C(C)C)C(=O)O1. The minimum atomic E-state index is -0.113. The molecule has 0 amide bonds. The Balaban J connectivity index is 1.96. The molecule has 1 aliphatic rings. The molecule has 0 aliphatic carbocycles. The molecule has 0 saturated carbocycles. The Kier molecular flexibility index (Phi) is 8.40. The normalized spacial score (nSPS) is 21.6. The standard InChI is InChI=1S/C17H30O4/c1-13(2)15-12-14(21-17(15)19)10-8-6-4-5-7-9-11-16(18)20-3/h13-15H,4-12H2,1-3H3/t14-,15+/m0/s1. The Labute approximate surface area is 128 Å². The molecule has 0 bridgehead atoms. The van der Waals surface area contributed by atoms with Crippen molar-refractivity contribution in [1.29, 1.82) is 0 Å². The molecule has 1 rings (SSSR count). The molecule has 1 heterocycles. The Morgan fingerprint density at radius 2 is 1.81 bits per heavy atom. The molecule has 0 spiro atoms. The van der Waals surface area contributed by atoms with Gasteiger partial charge in [0.1, 0.15) is 6.10 Å². The number of esters is 2. The first-order chi connectivity index (χ1) is 10.0. The van der Waals surface area contributed by atoms with Crippen LogP contribution in [0, 0.1) is 11.8 Å². The van der Waals surface area contributed by atoms with Gasteiger partial charge in [0.05, 0.1) is 13.0 Å². The van der Waals surface area contributed by atoms with E-state index in [-0.39, 0.29) is 24.0 Å². The van der Waals surface area contributed by atoms with Crippen LogP contribution in [0.3, 0.4) is 0 Å². The predicted molar refractivity (Wildman–Crippen MR) is 81.8 cm³/mol. The summed E-state index contributed by atoms with van der Waals surface area (Å²) in [4.78, 5) is 22.6. The summed E-state index contributed by atoms with van der Waals surface area (Å²) in [5.41, 5.74) is 0. The van der Waals surface area contributed by atoms with Crippen LogP contribution in [0.1, 0.15) is 71.6 Å². The van der Waals surface area contributed by atoms with Crippen LogP contribution in [0.25, 0.3) is 0 Å². The zero-order valence-electron chi connectivity index (χ0n) is 13.7. The Bertz CT molecular complexity index is 325. The maximum atomic E-state index is 11.7. The average Bonchev–Trinajstić information content (AvgIpc) is 2.82. The second-order valence-corrected chi connectivity index (χ2v) is 6.38. The van der Waals surface area contributed by atoms with Crippen LogP contribution < -0.4 is 0 Å². The lowest BCUT2D eigenvalue weighted by Gasteiger charge is -2.09. The van der Waals surface area contributed by atoms with Crippen molar-refractivity contribution in [2.24, 2.45) is 11.8 Å². The van der Waals surface area contributed by atoms with Gasteiger partial charge in [-0.2, -0.15) is 0 Å². The van der Waals surface area contributed by atoms with Crippen molar-refractivity contribution in [2.75, 3.05) is 7.11 Å². The Hall–Kier alpha value is -1.06. The summed E-state index contributed by atoms with van der Waals surface area (Å²) in [5, 5.41) is 0. The Morgan fingerprint density at radius 3 is 2.38 bits per heavy atom. The first-order valence-electron chi connectivity index (χ1n) is 8.32. The molecule has 1 fully saturated rings. The second-order valence-electron chi connectivity index (χ2n) is 6.38. The van der Waals surface area contributed by atoms with Gasteiger partial charge in [-0.15, -0.1) is 0 Å². The fraction of sp³-hybridized carbons (Fsp3) is 0.882. The number of hydrogen-bond donors (Lipinski definition) is 0. The summed E-state index contributed by atoms with van der Waals surface area (Å²) < 4.78 is 10.0. The monoisotopic (exact) mass is 298 g/mol. The summed E-state index contributed by atoms with van der Waals surface area (Å²) in [5.74, 6) is 0.376. The smallest absolute Gasteiger partial charge is 0.309 e. The minimum Gasteiger partial charge on any atom is -0.469 e.